The Morgan fingerprint density at radius 3 is 2.60 bits per heavy atom. The molecule has 2 rings (SSSR count). The van der Waals surface area contributed by atoms with Crippen molar-refractivity contribution in [2.45, 2.75) is 31.5 Å². The van der Waals surface area contributed by atoms with Crippen LogP contribution in [-0.4, -0.2) is 17.5 Å². The molecule has 2 nitrogen and oxygen atoms in total. The molecule has 0 unspecified atom stereocenters. The van der Waals surface area contributed by atoms with Gasteiger partial charge in [0.25, 0.3) is 0 Å². The van der Waals surface area contributed by atoms with Crippen LogP contribution in [0.25, 0.3) is 0 Å². The van der Waals surface area contributed by atoms with Gasteiger partial charge in [-0.15, -0.1) is 0 Å². The van der Waals surface area contributed by atoms with Crippen molar-refractivity contribution < 1.29 is 9.53 Å². The predicted molar refractivity (Wildman–Crippen MR) is 36.9 cm³/mol. The summed E-state index contributed by atoms with van der Waals surface area (Å²) in [5.41, 5.74) is 0. The van der Waals surface area contributed by atoms with Crippen molar-refractivity contribution in [3.05, 3.63) is 0 Å². The minimum atomic E-state index is -0.216. The summed E-state index contributed by atoms with van der Waals surface area (Å²) in [7, 11) is 0. The smallest absolute Gasteiger partial charge is 0.227 e. The zero-order valence-corrected chi connectivity index (χ0v) is 6.30. The van der Waals surface area contributed by atoms with Crippen LogP contribution in [-0.2, 0) is 9.53 Å². The summed E-state index contributed by atoms with van der Waals surface area (Å²) in [5.74, 6) is 0.000386. The van der Waals surface area contributed by atoms with Crippen LogP contribution >= 0.6 is 11.6 Å². The fraction of sp³-hybridized carbons (Fsp3) is 0.857. The van der Waals surface area contributed by atoms with Crippen molar-refractivity contribution in [1.82, 2.24) is 0 Å². The highest BCUT2D eigenvalue weighted by molar-refractivity contribution is 6.64. The van der Waals surface area contributed by atoms with Gasteiger partial charge in [0.2, 0.25) is 5.24 Å². The first kappa shape index (κ1) is 6.62. The molecule has 2 aliphatic rings. The lowest BCUT2D eigenvalue weighted by atomic mass is 9.90. The first-order valence-corrected chi connectivity index (χ1v) is 4.00. The molecule has 0 spiro atoms. The van der Waals surface area contributed by atoms with Gasteiger partial charge in [0, 0.05) is 0 Å². The van der Waals surface area contributed by atoms with Crippen LogP contribution in [0.2, 0.25) is 0 Å². The summed E-state index contributed by atoms with van der Waals surface area (Å²) in [6.07, 6.45) is 3.47. The van der Waals surface area contributed by atoms with Gasteiger partial charge in [0.1, 0.15) is 0 Å². The Morgan fingerprint density at radius 2 is 2.30 bits per heavy atom. The fourth-order valence-electron chi connectivity index (χ4n) is 1.88. The van der Waals surface area contributed by atoms with E-state index >= 15 is 0 Å². The molecule has 56 valence electrons. The molecule has 3 heteroatoms. The quantitative estimate of drug-likeness (QED) is 0.541. The molecule has 0 amide bonds. The molecule has 0 aromatic carbocycles. The zero-order valence-electron chi connectivity index (χ0n) is 5.55. The van der Waals surface area contributed by atoms with Gasteiger partial charge in [-0.3, -0.25) is 4.79 Å². The van der Waals surface area contributed by atoms with E-state index in [0.717, 1.165) is 19.3 Å². The molecular weight excluding hydrogens is 152 g/mol. The van der Waals surface area contributed by atoms with Gasteiger partial charge >= 0.3 is 0 Å². The lowest BCUT2D eigenvalue weighted by Crippen LogP contribution is -2.21. The number of hydrogen-bond donors (Lipinski definition) is 0. The second kappa shape index (κ2) is 2.21. The Bertz CT molecular complexity index is 169. The number of carbonyl (C=O) groups is 1. The van der Waals surface area contributed by atoms with Crippen molar-refractivity contribution in [1.29, 1.82) is 0 Å². The van der Waals surface area contributed by atoms with E-state index in [4.69, 9.17) is 16.3 Å². The summed E-state index contributed by atoms with van der Waals surface area (Å²) >= 11 is 5.36. The first-order chi connectivity index (χ1) is 4.77. The van der Waals surface area contributed by atoms with Crippen LogP contribution in [0, 0.1) is 5.92 Å². The number of hydrogen-bond acceptors (Lipinski definition) is 2. The van der Waals surface area contributed by atoms with Crippen molar-refractivity contribution in [2.75, 3.05) is 0 Å². The summed E-state index contributed by atoms with van der Waals surface area (Å²) in [5, 5.41) is -0.216. The number of carbonyl (C=O) groups excluding carboxylic acids is 1. The lowest BCUT2D eigenvalue weighted by molar-refractivity contribution is -0.116. The molecule has 2 heterocycles. The number of rotatable bonds is 1. The van der Waals surface area contributed by atoms with E-state index in [0.29, 0.717) is 6.10 Å². The Morgan fingerprint density at radius 1 is 1.50 bits per heavy atom. The molecule has 0 N–H and O–H groups in total. The molecule has 0 radical (unpaired) electrons. The molecule has 0 aromatic heterocycles. The van der Waals surface area contributed by atoms with E-state index in [1.807, 2.05) is 0 Å². The predicted octanol–water partition coefficient (Wildman–Crippen LogP) is 1.32. The van der Waals surface area contributed by atoms with E-state index in [2.05, 4.69) is 0 Å². The normalized spacial score (nSPS) is 44.3. The number of ether oxygens (including phenoxy) is 1. The molecule has 2 saturated heterocycles. The van der Waals surface area contributed by atoms with E-state index in [1.54, 1.807) is 0 Å². The van der Waals surface area contributed by atoms with Gasteiger partial charge in [0.05, 0.1) is 18.1 Å². The number of halogens is 1. The highest BCUT2D eigenvalue weighted by Gasteiger charge is 2.43. The molecule has 0 aromatic rings. The maximum atomic E-state index is 10.7. The average Bonchev–Trinajstić information content (AvgIpc) is 2.44. The van der Waals surface area contributed by atoms with Crippen molar-refractivity contribution in [3.8, 4) is 0 Å². The molecule has 10 heavy (non-hydrogen) atoms. The van der Waals surface area contributed by atoms with E-state index in [-0.39, 0.29) is 17.3 Å². The third kappa shape index (κ3) is 0.867. The SMILES string of the molecule is O=C(Cl)[C@@H]1C[C@H]2CC[C@@H]1O2. The van der Waals surface area contributed by atoms with Crippen LogP contribution < -0.4 is 0 Å². The van der Waals surface area contributed by atoms with Crippen molar-refractivity contribution in [3.63, 3.8) is 0 Å². The fourth-order valence-corrected chi connectivity index (χ4v) is 2.11. The summed E-state index contributed by atoms with van der Waals surface area (Å²) < 4.78 is 5.44. The van der Waals surface area contributed by atoms with Crippen molar-refractivity contribution >= 4 is 16.8 Å². The van der Waals surface area contributed by atoms with Crippen LogP contribution in [0.1, 0.15) is 19.3 Å². The van der Waals surface area contributed by atoms with Gasteiger partial charge < -0.3 is 4.74 Å². The molecule has 3 atom stereocenters. The second-order valence-electron chi connectivity index (χ2n) is 3.02. The summed E-state index contributed by atoms with van der Waals surface area (Å²) in [6.45, 7) is 0. The van der Waals surface area contributed by atoms with Crippen LogP contribution in [0.3, 0.4) is 0 Å². The molecule has 2 fully saturated rings. The Hall–Kier alpha value is -0.0800. The highest BCUT2D eigenvalue weighted by atomic mass is 35.5. The van der Waals surface area contributed by atoms with Crippen LogP contribution in [0.4, 0.5) is 0 Å². The lowest BCUT2D eigenvalue weighted by Gasteiger charge is -2.12. The molecule has 2 bridgehead atoms. The van der Waals surface area contributed by atoms with Crippen LogP contribution in [0.15, 0.2) is 0 Å². The maximum absolute atomic E-state index is 10.7. The molecule has 0 aliphatic carbocycles. The van der Waals surface area contributed by atoms with Gasteiger partial charge in [-0.2, -0.15) is 0 Å². The summed E-state index contributed by atoms with van der Waals surface area (Å²) in [4.78, 5) is 10.7. The molecule has 0 saturated carbocycles. The minimum Gasteiger partial charge on any atom is -0.374 e. The topological polar surface area (TPSA) is 26.3 Å². The van der Waals surface area contributed by atoms with Gasteiger partial charge in [-0.1, -0.05) is 0 Å². The Balaban J connectivity index is 2.08. The van der Waals surface area contributed by atoms with E-state index in [1.165, 1.54) is 0 Å². The zero-order chi connectivity index (χ0) is 7.14. The standard InChI is InChI=1S/C7H9ClO2/c8-7(9)5-3-4-1-2-6(5)10-4/h4-6H,1-3H2/t4-,5-,6+/m1/s1. The van der Waals surface area contributed by atoms with Gasteiger partial charge in [0.15, 0.2) is 0 Å². The minimum absolute atomic E-state index is 0.000386. The Kier molecular flexibility index (Phi) is 1.46. The molecular formula is C7H9ClO2. The van der Waals surface area contributed by atoms with Gasteiger partial charge in [-0.25, -0.2) is 0 Å². The second-order valence-corrected chi connectivity index (χ2v) is 3.39. The van der Waals surface area contributed by atoms with Gasteiger partial charge in [-0.05, 0) is 30.9 Å². The first-order valence-electron chi connectivity index (χ1n) is 3.62. The summed E-state index contributed by atoms with van der Waals surface area (Å²) in [6, 6.07) is 0. The average molecular weight is 161 g/mol. The number of fused-ring (bicyclic) bond motifs is 2. The largest absolute Gasteiger partial charge is 0.374 e. The van der Waals surface area contributed by atoms with Crippen LogP contribution in [0.5, 0.6) is 0 Å². The molecule has 2 aliphatic heterocycles. The Labute approximate surface area is 64.5 Å². The third-order valence-electron chi connectivity index (χ3n) is 2.40. The van der Waals surface area contributed by atoms with E-state index < -0.39 is 0 Å². The maximum Gasteiger partial charge on any atom is 0.227 e. The van der Waals surface area contributed by atoms with Crippen molar-refractivity contribution in [2.24, 2.45) is 5.92 Å². The van der Waals surface area contributed by atoms with E-state index in [9.17, 15) is 4.79 Å². The highest BCUT2D eigenvalue weighted by Crippen LogP contribution is 2.39. The third-order valence-corrected chi connectivity index (χ3v) is 2.68. The monoisotopic (exact) mass is 160 g/mol.